The van der Waals surface area contributed by atoms with Crippen LogP contribution in [0.3, 0.4) is 0 Å². The van der Waals surface area contributed by atoms with Crippen LogP contribution in [0, 0.1) is 0 Å². The molecule has 0 saturated carbocycles. The number of hydrogen-bond donors (Lipinski definition) is 1. The van der Waals surface area contributed by atoms with E-state index in [4.69, 9.17) is 4.74 Å². The predicted molar refractivity (Wildman–Crippen MR) is 129 cm³/mol. The van der Waals surface area contributed by atoms with Crippen molar-refractivity contribution < 1.29 is 17.9 Å². The number of amides is 1. The van der Waals surface area contributed by atoms with E-state index < -0.39 is 15.9 Å². The number of sulfonamides is 1. The molecule has 0 aliphatic heterocycles. The average molecular weight is 449 g/mol. The zero-order chi connectivity index (χ0) is 22.6. The second-order valence-corrected chi connectivity index (χ2v) is 9.35. The number of rotatable bonds is 8. The molecule has 0 aliphatic rings. The average Bonchev–Trinajstić information content (AvgIpc) is 2.79. The third-order valence-corrected chi connectivity index (χ3v) is 6.28. The van der Waals surface area contributed by atoms with Crippen molar-refractivity contribution in [2.75, 3.05) is 30.3 Å². The van der Waals surface area contributed by atoms with E-state index in [-0.39, 0.29) is 19.7 Å². The van der Waals surface area contributed by atoms with Crippen LogP contribution in [0.25, 0.3) is 21.5 Å². The summed E-state index contributed by atoms with van der Waals surface area (Å²) < 4.78 is 31.9. The molecule has 164 valence electrons. The molecule has 4 aromatic carbocycles. The van der Waals surface area contributed by atoms with Gasteiger partial charge in [0.05, 0.1) is 18.5 Å². The summed E-state index contributed by atoms with van der Waals surface area (Å²) in [5.41, 5.74) is 0.479. The first kappa shape index (κ1) is 21.6. The van der Waals surface area contributed by atoms with Crippen LogP contribution in [0.15, 0.2) is 84.9 Å². The van der Waals surface area contributed by atoms with E-state index in [1.807, 2.05) is 72.8 Å². The van der Waals surface area contributed by atoms with Crippen molar-refractivity contribution in [3.05, 3.63) is 84.9 Å². The third-order valence-electron chi connectivity index (χ3n) is 5.15. The fraction of sp³-hybridized carbons (Fsp3) is 0.160. The normalized spacial score (nSPS) is 11.4. The highest BCUT2D eigenvalue weighted by Gasteiger charge is 2.22. The molecule has 7 heteroatoms. The molecule has 0 aromatic heterocycles. The number of anilines is 1. The van der Waals surface area contributed by atoms with Crippen molar-refractivity contribution in [1.29, 1.82) is 0 Å². The van der Waals surface area contributed by atoms with Crippen LogP contribution in [-0.4, -0.2) is 40.3 Å². The van der Waals surface area contributed by atoms with Crippen LogP contribution in [0.5, 0.6) is 5.75 Å². The van der Waals surface area contributed by atoms with Crippen molar-refractivity contribution in [2.24, 2.45) is 0 Å². The Labute approximate surface area is 187 Å². The lowest BCUT2D eigenvalue weighted by Gasteiger charge is -2.23. The number of fused-ring (bicyclic) bond motifs is 2. The Kier molecular flexibility index (Phi) is 6.28. The van der Waals surface area contributed by atoms with Crippen molar-refractivity contribution in [3.63, 3.8) is 0 Å². The molecular formula is C25H24N2O4S. The lowest BCUT2D eigenvalue weighted by atomic mass is 10.1. The summed E-state index contributed by atoms with van der Waals surface area (Å²) in [7, 11) is -3.66. The van der Waals surface area contributed by atoms with E-state index in [2.05, 4.69) is 5.32 Å². The molecule has 32 heavy (non-hydrogen) atoms. The van der Waals surface area contributed by atoms with Crippen LogP contribution in [0.2, 0.25) is 0 Å². The monoisotopic (exact) mass is 448 g/mol. The van der Waals surface area contributed by atoms with Gasteiger partial charge >= 0.3 is 0 Å². The summed E-state index contributed by atoms with van der Waals surface area (Å²) in [6.07, 6.45) is 1.10. The minimum absolute atomic E-state index is 0.259. The van der Waals surface area contributed by atoms with Gasteiger partial charge in [0.1, 0.15) is 18.9 Å². The van der Waals surface area contributed by atoms with Crippen LogP contribution >= 0.6 is 0 Å². The Hall–Kier alpha value is -3.58. The quantitative estimate of drug-likeness (QED) is 0.414. The van der Waals surface area contributed by atoms with E-state index >= 15 is 0 Å². The third kappa shape index (κ3) is 4.84. The van der Waals surface area contributed by atoms with Gasteiger partial charge in [-0.1, -0.05) is 72.8 Å². The molecule has 0 fully saturated rings. The minimum Gasteiger partial charge on any atom is -0.491 e. The standard InChI is InChI=1S/C25H24N2O4S/c1-32(29,30)27(23-14-6-10-19-8-2-4-12-21(19)23)18-25(28)26-16-17-31-24-15-7-11-20-9-3-5-13-22(20)24/h2-15H,16-18H2,1H3,(H,26,28). The van der Waals surface area contributed by atoms with E-state index in [0.717, 1.165) is 37.9 Å². The Morgan fingerprint density at radius 1 is 0.844 bits per heavy atom. The molecule has 0 unspecified atom stereocenters. The second kappa shape index (κ2) is 9.28. The summed E-state index contributed by atoms with van der Waals surface area (Å²) in [5.74, 6) is 0.343. The Morgan fingerprint density at radius 3 is 2.16 bits per heavy atom. The van der Waals surface area contributed by atoms with Crippen molar-refractivity contribution in [3.8, 4) is 5.75 Å². The molecule has 0 bridgehead atoms. The molecule has 0 aliphatic carbocycles. The summed E-state index contributed by atoms with van der Waals surface area (Å²) in [6.45, 7) is 0.225. The van der Waals surface area contributed by atoms with Gasteiger partial charge in [-0.25, -0.2) is 8.42 Å². The van der Waals surface area contributed by atoms with Gasteiger partial charge in [-0.2, -0.15) is 0 Å². The molecule has 1 amide bonds. The zero-order valence-corrected chi connectivity index (χ0v) is 18.5. The van der Waals surface area contributed by atoms with Gasteiger partial charge in [-0.15, -0.1) is 0 Å². The first-order valence-electron chi connectivity index (χ1n) is 10.3. The maximum absolute atomic E-state index is 12.6. The van der Waals surface area contributed by atoms with Crippen molar-refractivity contribution >= 4 is 43.2 Å². The summed E-state index contributed by atoms with van der Waals surface area (Å²) in [6, 6.07) is 26.6. The molecular weight excluding hydrogens is 424 g/mol. The van der Waals surface area contributed by atoms with Crippen LogP contribution in [0.1, 0.15) is 0 Å². The maximum Gasteiger partial charge on any atom is 0.240 e. The number of nitrogens with zero attached hydrogens (tertiary/aromatic N) is 1. The summed E-state index contributed by atoms with van der Waals surface area (Å²) >= 11 is 0. The molecule has 0 radical (unpaired) electrons. The van der Waals surface area contributed by atoms with Gasteiger partial charge in [0.2, 0.25) is 15.9 Å². The SMILES string of the molecule is CS(=O)(=O)N(CC(=O)NCCOc1cccc2ccccc12)c1cccc2ccccc12. The van der Waals surface area contributed by atoms with Crippen LogP contribution in [0.4, 0.5) is 5.69 Å². The molecule has 0 heterocycles. The zero-order valence-electron chi connectivity index (χ0n) is 17.7. The highest BCUT2D eigenvalue weighted by molar-refractivity contribution is 7.92. The minimum atomic E-state index is -3.66. The van der Waals surface area contributed by atoms with Crippen LogP contribution < -0.4 is 14.4 Å². The van der Waals surface area contributed by atoms with E-state index in [1.165, 1.54) is 0 Å². The highest BCUT2D eigenvalue weighted by Crippen LogP contribution is 2.28. The fourth-order valence-corrected chi connectivity index (χ4v) is 4.53. The Balaban J connectivity index is 1.41. The predicted octanol–water partition coefficient (Wildman–Crippen LogP) is 3.95. The van der Waals surface area contributed by atoms with E-state index in [0.29, 0.717) is 5.69 Å². The summed E-state index contributed by atoms with van der Waals surface area (Å²) in [4.78, 5) is 12.6. The van der Waals surface area contributed by atoms with Gasteiger partial charge in [-0.3, -0.25) is 9.10 Å². The van der Waals surface area contributed by atoms with Gasteiger partial charge in [0.25, 0.3) is 0 Å². The van der Waals surface area contributed by atoms with Crippen molar-refractivity contribution in [2.45, 2.75) is 0 Å². The van der Waals surface area contributed by atoms with Gasteiger partial charge in [0.15, 0.2) is 0 Å². The first-order valence-corrected chi connectivity index (χ1v) is 12.1. The lowest BCUT2D eigenvalue weighted by molar-refractivity contribution is -0.119. The second-order valence-electron chi connectivity index (χ2n) is 7.44. The topological polar surface area (TPSA) is 75.7 Å². The number of hydrogen-bond acceptors (Lipinski definition) is 4. The van der Waals surface area contributed by atoms with Gasteiger partial charge in [-0.05, 0) is 22.9 Å². The van der Waals surface area contributed by atoms with E-state index in [1.54, 1.807) is 12.1 Å². The number of carbonyl (C=O) groups excluding carboxylic acids is 1. The Morgan fingerprint density at radius 2 is 1.44 bits per heavy atom. The number of benzene rings is 4. The smallest absolute Gasteiger partial charge is 0.240 e. The maximum atomic E-state index is 12.6. The van der Waals surface area contributed by atoms with Gasteiger partial charge in [0, 0.05) is 10.8 Å². The van der Waals surface area contributed by atoms with Gasteiger partial charge < -0.3 is 10.1 Å². The highest BCUT2D eigenvalue weighted by atomic mass is 32.2. The molecule has 1 N–H and O–H groups in total. The lowest BCUT2D eigenvalue weighted by Crippen LogP contribution is -2.41. The molecule has 6 nitrogen and oxygen atoms in total. The molecule has 4 rings (SSSR count). The molecule has 0 saturated heterocycles. The fourth-order valence-electron chi connectivity index (χ4n) is 3.67. The number of carbonyl (C=O) groups is 1. The summed E-state index contributed by atoms with van der Waals surface area (Å²) in [5, 5.41) is 6.50. The number of ether oxygens (including phenoxy) is 1. The molecule has 4 aromatic rings. The van der Waals surface area contributed by atoms with E-state index in [9.17, 15) is 13.2 Å². The molecule has 0 spiro atoms. The Bertz CT molecular complexity index is 1360. The number of nitrogens with one attached hydrogen (secondary N) is 1. The first-order chi connectivity index (χ1) is 15.4. The van der Waals surface area contributed by atoms with Crippen molar-refractivity contribution in [1.82, 2.24) is 5.32 Å². The van der Waals surface area contributed by atoms with Crippen LogP contribution in [-0.2, 0) is 14.8 Å². The molecule has 0 atom stereocenters. The largest absolute Gasteiger partial charge is 0.491 e.